The van der Waals surface area contributed by atoms with E-state index in [1.807, 2.05) is 6.92 Å². The Labute approximate surface area is 126 Å². The van der Waals surface area contributed by atoms with Crippen LogP contribution in [0.15, 0.2) is 30.3 Å². The zero-order valence-electron chi connectivity index (χ0n) is 10.7. The van der Waals surface area contributed by atoms with Crippen molar-refractivity contribution >= 4 is 23.2 Å². The maximum Gasteiger partial charge on any atom is 0.198 e. The minimum atomic E-state index is -0.784. The second-order valence-electron chi connectivity index (χ2n) is 4.23. The Balaban J connectivity index is 2.35. The predicted molar refractivity (Wildman–Crippen MR) is 76.8 cm³/mol. The van der Waals surface area contributed by atoms with Crippen LogP contribution in [-0.4, -0.2) is 0 Å². The number of hydrogen-bond donors (Lipinski definition) is 0. The highest BCUT2D eigenvalue weighted by atomic mass is 35.5. The van der Waals surface area contributed by atoms with Crippen molar-refractivity contribution in [2.75, 3.05) is 0 Å². The van der Waals surface area contributed by atoms with Gasteiger partial charge in [-0.15, -0.1) is 11.6 Å². The lowest BCUT2D eigenvalue weighted by Gasteiger charge is -2.10. The standard InChI is InChI=1S/C15H12Cl2F2O/c1-2-10-7-11(3-4-12(10)17)20-15-13(18)5-9(8-16)6-14(15)19/h3-7H,2,8H2,1H3. The molecule has 0 saturated carbocycles. The first-order valence-corrected chi connectivity index (χ1v) is 6.96. The maximum absolute atomic E-state index is 13.8. The van der Waals surface area contributed by atoms with E-state index >= 15 is 0 Å². The average molecular weight is 317 g/mol. The molecule has 0 fully saturated rings. The number of ether oxygens (including phenoxy) is 1. The summed E-state index contributed by atoms with van der Waals surface area (Å²) in [5.74, 6) is -1.64. The fourth-order valence-corrected chi connectivity index (χ4v) is 2.20. The SMILES string of the molecule is CCc1cc(Oc2c(F)cc(CCl)cc2F)ccc1Cl. The van der Waals surface area contributed by atoms with Crippen LogP contribution in [0.5, 0.6) is 11.5 Å². The molecule has 0 heterocycles. The highest BCUT2D eigenvalue weighted by molar-refractivity contribution is 6.31. The van der Waals surface area contributed by atoms with Crippen LogP contribution in [-0.2, 0) is 12.3 Å². The summed E-state index contributed by atoms with van der Waals surface area (Å²) in [6.07, 6.45) is 0.701. The average Bonchev–Trinajstić information content (AvgIpc) is 2.44. The molecule has 0 spiro atoms. The number of benzene rings is 2. The zero-order valence-corrected chi connectivity index (χ0v) is 12.2. The molecule has 2 aromatic rings. The summed E-state index contributed by atoms with van der Waals surface area (Å²) in [6, 6.07) is 7.18. The molecule has 2 aromatic carbocycles. The number of rotatable bonds is 4. The minimum absolute atomic E-state index is 0.0368. The van der Waals surface area contributed by atoms with Gasteiger partial charge in [0.2, 0.25) is 0 Å². The van der Waals surface area contributed by atoms with Crippen LogP contribution in [0.1, 0.15) is 18.1 Å². The molecule has 20 heavy (non-hydrogen) atoms. The van der Waals surface area contributed by atoms with Crippen molar-refractivity contribution in [2.45, 2.75) is 19.2 Å². The van der Waals surface area contributed by atoms with Crippen molar-refractivity contribution in [3.63, 3.8) is 0 Å². The first-order valence-electron chi connectivity index (χ1n) is 6.05. The predicted octanol–water partition coefficient (Wildman–Crippen LogP) is 5.71. The lowest BCUT2D eigenvalue weighted by atomic mass is 10.1. The van der Waals surface area contributed by atoms with Crippen molar-refractivity contribution in [1.29, 1.82) is 0 Å². The Bertz CT molecular complexity index is 606. The zero-order chi connectivity index (χ0) is 14.7. The highest BCUT2D eigenvalue weighted by Crippen LogP contribution is 2.31. The van der Waals surface area contributed by atoms with E-state index in [-0.39, 0.29) is 5.88 Å². The van der Waals surface area contributed by atoms with Crippen molar-refractivity contribution in [3.8, 4) is 11.5 Å². The monoisotopic (exact) mass is 316 g/mol. The number of halogens is 4. The number of aryl methyl sites for hydroxylation is 1. The first kappa shape index (κ1) is 15.1. The second-order valence-corrected chi connectivity index (χ2v) is 4.91. The van der Waals surface area contributed by atoms with E-state index < -0.39 is 17.4 Å². The van der Waals surface area contributed by atoms with Crippen LogP contribution in [0, 0.1) is 11.6 Å². The van der Waals surface area contributed by atoms with Crippen LogP contribution in [0.4, 0.5) is 8.78 Å². The van der Waals surface area contributed by atoms with Crippen LogP contribution in [0.25, 0.3) is 0 Å². The molecule has 0 unspecified atom stereocenters. The van der Waals surface area contributed by atoms with Crippen molar-refractivity contribution < 1.29 is 13.5 Å². The molecule has 0 amide bonds. The van der Waals surface area contributed by atoms with Crippen LogP contribution >= 0.6 is 23.2 Å². The highest BCUT2D eigenvalue weighted by Gasteiger charge is 2.14. The second kappa shape index (κ2) is 6.42. The molecule has 1 nitrogen and oxygen atoms in total. The molecule has 0 aliphatic heterocycles. The molecule has 0 aliphatic carbocycles. The molecule has 106 valence electrons. The van der Waals surface area contributed by atoms with Gasteiger partial charge in [0, 0.05) is 10.9 Å². The van der Waals surface area contributed by atoms with Gasteiger partial charge in [0.05, 0.1) is 0 Å². The largest absolute Gasteiger partial charge is 0.451 e. The Morgan fingerprint density at radius 1 is 1.10 bits per heavy atom. The third-order valence-corrected chi connectivity index (χ3v) is 3.51. The third-order valence-electron chi connectivity index (χ3n) is 2.83. The van der Waals surface area contributed by atoms with E-state index in [0.717, 1.165) is 17.7 Å². The smallest absolute Gasteiger partial charge is 0.198 e. The molecule has 0 radical (unpaired) electrons. The van der Waals surface area contributed by atoms with Gasteiger partial charge in [0.1, 0.15) is 5.75 Å². The summed E-state index contributed by atoms with van der Waals surface area (Å²) in [7, 11) is 0. The van der Waals surface area contributed by atoms with Gasteiger partial charge >= 0.3 is 0 Å². The Hall–Kier alpha value is -1.32. The van der Waals surface area contributed by atoms with Gasteiger partial charge in [0.25, 0.3) is 0 Å². The van der Waals surface area contributed by atoms with Crippen LogP contribution < -0.4 is 4.74 Å². The first-order chi connectivity index (χ1) is 9.55. The minimum Gasteiger partial charge on any atom is -0.451 e. The van der Waals surface area contributed by atoms with Gasteiger partial charge < -0.3 is 4.74 Å². The quantitative estimate of drug-likeness (QED) is 0.656. The van der Waals surface area contributed by atoms with Gasteiger partial charge in [-0.3, -0.25) is 0 Å². The summed E-state index contributed by atoms with van der Waals surface area (Å²) < 4.78 is 32.9. The van der Waals surface area contributed by atoms with E-state index in [1.165, 1.54) is 0 Å². The molecular weight excluding hydrogens is 305 g/mol. The Kier molecular flexibility index (Phi) is 4.84. The molecule has 0 aliphatic rings. The normalized spacial score (nSPS) is 10.7. The summed E-state index contributed by atoms with van der Waals surface area (Å²) in [4.78, 5) is 0. The lowest BCUT2D eigenvalue weighted by molar-refractivity contribution is 0.406. The van der Waals surface area contributed by atoms with Crippen LogP contribution in [0.2, 0.25) is 5.02 Å². The van der Waals surface area contributed by atoms with E-state index in [9.17, 15) is 8.78 Å². The van der Waals surface area contributed by atoms with E-state index in [1.54, 1.807) is 18.2 Å². The Morgan fingerprint density at radius 3 is 2.30 bits per heavy atom. The van der Waals surface area contributed by atoms with Gasteiger partial charge in [-0.05, 0) is 47.9 Å². The molecule has 0 saturated heterocycles. The van der Waals surface area contributed by atoms with E-state index in [2.05, 4.69) is 0 Å². The lowest BCUT2D eigenvalue weighted by Crippen LogP contribution is -1.95. The topological polar surface area (TPSA) is 9.23 Å². The number of hydrogen-bond acceptors (Lipinski definition) is 1. The van der Waals surface area contributed by atoms with Gasteiger partial charge in [-0.25, -0.2) is 8.78 Å². The molecule has 0 atom stereocenters. The van der Waals surface area contributed by atoms with Crippen molar-refractivity contribution in [3.05, 3.63) is 58.1 Å². The van der Waals surface area contributed by atoms with Gasteiger partial charge in [0.15, 0.2) is 17.4 Å². The summed E-state index contributed by atoms with van der Waals surface area (Å²) in [6.45, 7) is 1.93. The summed E-state index contributed by atoms with van der Waals surface area (Å²) >= 11 is 11.5. The third kappa shape index (κ3) is 3.22. The molecule has 5 heteroatoms. The Morgan fingerprint density at radius 2 is 1.75 bits per heavy atom. The summed E-state index contributed by atoms with van der Waals surface area (Å²) in [5, 5.41) is 0.596. The fourth-order valence-electron chi connectivity index (χ4n) is 1.79. The maximum atomic E-state index is 13.8. The van der Waals surface area contributed by atoms with Gasteiger partial charge in [-0.1, -0.05) is 18.5 Å². The molecular formula is C15H12Cl2F2O. The molecule has 0 N–H and O–H groups in total. The van der Waals surface area contributed by atoms with E-state index in [4.69, 9.17) is 27.9 Å². The summed E-state index contributed by atoms with van der Waals surface area (Å²) in [5.41, 5.74) is 1.21. The van der Waals surface area contributed by atoms with Gasteiger partial charge in [-0.2, -0.15) is 0 Å². The van der Waals surface area contributed by atoms with Crippen molar-refractivity contribution in [1.82, 2.24) is 0 Å². The molecule has 0 aromatic heterocycles. The molecule has 2 rings (SSSR count). The number of alkyl halides is 1. The van der Waals surface area contributed by atoms with E-state index in [0.29, 0.717) is 22.8 Å². The van der Waals surface area contributed by atoms with Crippen LogP contribution in [0.3, 0.4) is 0 Å². The fraction of sp³-hybridized carbons (Fsp3) is 0.200. The van der Waals surface area contributed by atoms with Crippen molar-refractivity contribution in [2.24, 2.45) is 0 Å². The molecule has 0 bridgehead atoms.